The molecule has 122 valence electrons. The van der Waals surface area contributed by atoms with E-state index in [2.05, 4.69) is 25.7 Å². The number of aliphatic hydroxyl groups is 1. The van der Waals surface area contributed by atoms with Crippen LogP contribution in [0.15, 0.2) is 0 Å². The van der Waals surface area contributed by atoms with E-state index in [0.717, 1.165) is 30.8 Å². The topological polar surface area (TPSA) is 23.5 Å². The summed E-state index contributed by atoms with van der Waals surface area (Å²) < 4.78 is 0. The van der Waals surface area contributed by atoms with Crippen molar-refractivity contribution in [3.63, 3.8) is 0 Å². The maximum atomic E-state index is 10.5. The number of nitrogens with zero attached hydrogens (tertiary/aromatic N) is 1. The largest absolute Gasteiger partial charge is 0.393 e. The first-order chi connectivity index (χ1) is 9.95. The smallest absolute Gasteiger partial charge is 0.0580 e. The first-order valence-electron chi connectivity index (χ1n) is 9.37. The van der Waals surface area contributed by atoms with Crippen molar-refractivity contribution in [1.82, 2.24) is 4.90 Å². The maximum absolute atomic E-state index is 10.5. The molecule has 0 bridgehead atoms. The van der Waals surface area contributed by atoms with Crippen molar-refractivity contribution in [2.24, 2.45) is 23.2 Å². The van der Waals surface area contributed by atoms with Gasteiger partial charge in [0.2, 0.25) is 0 Å². The predicted molar refractivity (Wildman–Crippen MR) is 88.2 cm³/mol. The lowest BCUT2D eigenvalue weighted by Gasteiger charge is -2.45. The summed E-state index contributed by atoms with van der Waals surface area (Å²) in [7, 11) is 0. The molecule has 1 N–H and O–H groups in total. The summed E-state index contributed by atoms with van der Waals surface area (Å²) in [6.45, 7) is 9.57. The highest BCUT2D eigenvalue weighted by Gasteiger charge is 2.39. The van der Waals surface area contributed by atoms with Crippen molar-refractivity contribution >= 4 is 0 Å². The molecular formula is C19H35NO. The average Bonchev–Trinajstić information content (AvgIpc) is 2.89. The number of likely N-dealkylation sites (tertiary alicyclic amines) is 1. The Morgan fingerprint density at radius 3 is 2.52 bits per heavy atom. The number of aliphatic hydroxyl groups excluding tert-OH is 1. The summed E-state index contributed by atoms with van der Waals surface area (Å²) in [6, 6.07) is 0.848. The van der Waals surface area contributed by atoms with Crippen molar-refractivity contribution in [1.29, 1.82) is 0 Å². The number of rotatable bonds is 2. The van der Waals surface area contributed by atoms with Gasteiger partial charge in [0.15, 0.2) is 0 Å². The molecule has 2 aliphatic carbocycles. The Labute approximate surface area is 131 Å². The molecule has 1 heterocycles. The van der Waals surface area contributed by atoms with Gasteiger partial charge >= 0.3 is 0 Å². The molecule has 2 heteroatoms. The van der Waals surface area contributed by atoms with Gasteiger partial charge < -0.3 is 5.11 Å². The Kier molecular flexibility index (Phi) is 4.66. The monoisotopic (exact) mass is 293 g/mol. The van der Waals surface area contributed by atoms with E-state index in [1.165, 1.54) is 51.5 Å². The third-order valence-electron chi connectivity index (χ3n) is 6.74. The van der Waals surface area contributed by atoms with Crippen LogP contribution in [0.3, 0.4) is 0 Å². The van der Waals surface area contributed by atoms with Crippen LogP contribution in [0.4, 0.5) is 0 Å². The van der Waals surface area contributed by atoms with Crippen LogP contribution in [0.25, 0.3) is 0 Å². The van der Waals surface area contributed by atoms with E-state index < -0.39 is 0 Å². The molecule has 0 aromatic rings. The summed E-state index contributed by atoms with van der Waals surface area (Å²) >= 11 is 0. The van der Waals surface area contributed by atoms with Gasteiger partial charge in [0, 0.05) is 12.6 Å². The fraction of sp³-hybridized carbons (Fsp3) is 1.00. The highest BCUT2D eigenvalue weighted by atomic mass is 16.3. The highest BCUT2D eigenvalue weighted by Crippen LogP contribution is 2.42. The second kappa shape index (κ2) is 6.20. The third kappa shape index (κ3) is 3.47. The Balaban J connectivity index is 1.62. The van der Waals surface area contributed by atoms with Crippen LogP contribution in [-0.4, -0.2) is 35.2 Å². The van der Waals surface area contributed by atoms with E-state index >= 15 is 0 Å². The lowest BCUT2D eigenvalue weighted by atomic mass is 9.68. The molecule has 2 nitrogen and oxygen atoms in total. The van der Waals surface area contributed by atoms with Crippen LogP contribution >= 0.6 is 0 Å². The van der Waals surface area contributed by atoms with Crippen molar-refractivity contribution in [3.8, 4) is 0 Å². The fourth-order valence-electron chi connectivity index (χ4n) is 5.32. The Morgan fingerprint density at radius 2 is 1.76 bits per heavy atom. The number of hydrogen-bond donors (Lipinski definition) is 1. The molecule has 0 radical (unpaired) electrons. The van der Waals surface area contributed by atoms with E-state index in [4.69, 9.17) is 0 Å². The van der Waals surface area contributed by atoms with Crippen LogP contribution in [0.1, 0.15) is 72.1 Å². The van der Waals surface area contributed by atoms with Crippen molar-refractivity contribution in [2.75, 3.05) is 13.1 Å². The van der Waals surface area contributed by atoms with Gasteiger partial charge in [0.05, 0.1) is 6.10 Å². The van der Waals surface area contributed by atoms with E-state index in [-0.39, 0.29) is 6.10 Å². The minimum absolute atomic E-state index is 0.0506. The number of hydrogen-bond acceptors (Lipinski definition) is 2. The maximum Gasteiger partial charge on any atom is 0.0580 e. The SMILES string of the molecule is CC(C)(C)C1CCC(O)C(CN2CCCC3CCCC32)C1. The first-order valence-corrected chi connectivity index (χ1v) is 9.37. The fourth-order valence-corrected chi connectivity index (χ4v) is 5.32. The van der Waals surface area contributed by atoms with Gasteiger partial charge in [-0.25, -0.2) is 0 Å². The summed E-state index contributed by atoms with van der Waals surface area (Å²) in [4.78, 5) is 2.76. The van der Waals surface area contributed by atoms with Crippen LogP contribution in [0, 0.1) is 23.2 Å². The molecule has 1 saturated heterocycles. The lowest BCUT2D eigenvalue weighted by molar-refractivity contribution is -0.0126. The molecule has 2 saturated carbocycles. The minimum atomic E-state index is -0.0506. The predicted octanol–water partition coefficient (Wildman–Crippen LogP) is 4.07. The summed E-state index contributed by atoms with van der Waals surface area (Å²) in [5.74, 6) is 2.27. The molecule has 1 aliphatic heterocycles. The van der Waals surface area contributed by atoms with Gasteiger partial charge in [-0.2, -0.15) is 0 Å². The Bertz CT molecular complexity index is 348. The third-order valence-corrected chi connectivity index (χ3v) is 6.74. The van der Waals surface area contributed by atoms with Gasteiger partial charge in [-0.3, -0.25) is 4.90 Å². The van der Waals surface area contributed by atoms with Gasteiger partial charge in [0.25, 0.3) is 0 Å². The molecule has 5 unspecified atom stereocenters. The van der Waals surface area contributed by atoms with E-state index in [0.29, 0.717) is 11.3 Å². The molecular weight excluding hydrogens is 258 g/mol. The number of piperidine rings is 1. The second-order valence-corrected chi connectivity index (χ2v) is 9.10. The zero-order valence-corrected chi connectivity index (χ0v) is 14.4. The van der Waals surface area contributed by atoms with Gasteiger partial charge in [0.1, 0.15) is 0 Å². The van der Waals surface area contributed by atoms with E-state index in [1.54, 1.807) is 0 Å². The Morgan fingerprint density at radius 1 is 1.00 bits per heavy atom. The zero-order valence-electron chi connectivity index (χ0n) is 14.4. The van der Waals surface area contributed by atoms with E-state index in [9.17, 15) is 5.11 Å². The van der Waals surface area contributed by atoms with Gasteiger partial charge in [-0.05, 0) is 74.7 Å². The first kappa shape index (κ1) is 15.8. The molecule has 3 aliphatic rings. The molecule has 0 amide bonds. The summed E-state index contributed by atoms with van der Waals surface area (Å²) in [6.07, 6.45) is 10.6. The quantitative estimate of drug-likeness (QED) is 0.829. The van der Waals surface area contributed by atoms with Crippen molar-refractivity contribution < 1.29 is 5.11 Å². The van der Waals surface area contributed by atoms with Crippen LogP contribution in [-0.2, 0) is 0 Å². The molecule has 3 rings (SSSR count). The highest BCUT2D eigenvalue weighted by molar-refractivity contribution is 4.92. The van der Waals surface area contributed by atoms with Gasteiger partial charge in [-0.1, -0.05) is 27.2 Å². The van der Waals surface area contributed by atoms with Crippen molar-refractivity contribution in [3.05, 3.63) is 0 Å². The Hall–Kier alpha value is -0.0800. The number of fused-ring (bicyclic) bond motifs is 1. The molecule has 5 atom stereocenters. The van der Waals surface area contributed by atoms with Crippen LogP contribution < -0.4 is 0 Å². The lowest BCUT2D eigenvalue weighted by Crippen LogP contribution is -2.48. The zero-order chi connectivity index (χ0) is 15.0. The normalized spacial score (nSPS) is 42.0. The standard InChI is InChI=1S/C19H35NO/c1-19(2,3)16-9-10-18(21)15(12-16)13-20-11-5-7-14-6-4-8-17(14)20/h14-18,21H,4-13H2,1-3H3. The average molecular weight is 293 g/mol. The van der Waals surface area contributed by atoms with Crippen LogP contribution in [0.5, 0.6) is 0 Å². The summed E-state index contributed by atoms with van der Waals surface area (Å²) in [5, 5.41) is 10.5. The molecule has 0 aromatic carbocycles. The molecule has 0 spiro atoms. The summed E-state index contributed by atoms with van der Waals surface area (Å²) in [5.41, 5.74) is 0.399. The van der Waals surface area contributed by atoms with Gasteiger partial charge in [-0.15, -0.1) is 0 Å². The molecule has 21 heavy (non-hydrogen) atoms. The second-order valence-electron chi connectivity index (χ2n) is 9.10. The van der Waals surface area contributed by atoms with E-state index in [1.807, 2.05) is 0 Å². The molecule has 3 fully saturated rings. The van der Waals surface area contributed by atoms with Crippen molar-refractivity contribution in [2.45, 2.75) is 84.3 Å². The minimum Gasteiger partial charge on any atom is -0.393 e. The van der Waals surface area contributed by atoms with Crippen LogP contribution in [0.2, 0.25) is 0 Å². The molecule has 0 aromatic heterocycles.